The van der Waals surface area contributed by atoms with Gasteiger partial charge in [0.05, 0.1) is 74.3 Å². The number of aliphatic hydroxyl groups excluding tert-OH is 1. The lowest BCUT2D eigenvalue weighted by atomic mass is 9.79. The van der Waals surface area contributed by atoms with Gasteiger partial charge >= 0.3 is 0 Å². The van der Waals surface area contributed by atoms with Crippen LogP contribution in [0.5, 0.6) is 0 Å². The summed E-state index contributed by atoms with van der Waals surface area (Å²) in [6, 6.07) is 43.4. The van der Waals surface area contributed by atoms with Crippen molar-refractivity contribution in [1.82, 2.24) is 0 Å². The molecule has 1 N–H and O–H groups in total. The van der Waals surface area contributed by atoms with E-state index in [4.69, 9.17) is 32.5 Å². The summed E-state index contributed by atoms with van der Waals surface area (Å²) < 4.78 is 49.1. The van der Waals surface area contributed by atoms with Crippen LogP contribution >= 0.6 is 0 Å². The van der Waals surface area contributed by atoms with Gasteiger partial charge in [-0.25, -0.2) is 0 Å². The van der Waals surface area contributed by atoms with Gasteiger partial charge in [-0.15, -0.1) is 6.58 Å². The molecule has 4 aliphatic rings. The molecular weight excluding hydrogens is 953 g/mol. The Balaban J connectivity index is 1.05. The van der Waals surface area contributed by atoms with E-state index < -0.39 is 28.8 Å². The normalized spacial score (nSPS) is 29.1. The average molecular weight is 1040 g/mol. The average Bonchev–Trinajstić information content (AvgIpc) is 3.75. The molecule has 4 fully saturated rings. The molecule has 398 valence electrons. The molecule has 8 nitrogen and oxygen atoms in total. The van der Waals surface area contributed by atoms with Crippen LogP contribution in [0.25, 0.3) is 0 Å². The van der Waals surface area contributed by atoms with Crippen molar-refractivity contribution in [3.05, 3.63) is 170 Å². The second kappa shape index (κ2) is 24.5. The molecular formula is C64H86O8Si2. The number of ether oxygens (including phenoxy) is 5. The van der Waals surface area contributed by atoms with E-state index in [-0.39, 0.29) is 70.7 Å². The van der Waals surface area contributed by atoms with Crippen molar-refractivity contribution in [3.8, 4) is 0 Å². The fraction of sp³-hybridized carbons (Fsp3) is 0.500. The summed E-state index contributed by atoms with van der Waals surface area (Å²) >= 11 is 0. The van der Waals surface area contributed by atoms with Crippen LogP contribution in [0.15, 0.2) is 170 Å². The minimum absolute atomic E-state index is 0.00413. The highest BCUT2D eigenvalue weighted by Gasteiger charge is 2.57. The Kier molecular flexibility index (Phi) is 18.6. The number of benzene rings is 4. The van der Waals surface area contributed by atoms with Crippen molar-refractivity contribution >= 4 is 37.4 Å². The molecule has 4 aromatic carbocycles. The van der Waals surface area contributed by atoms with Crippen molar-refractivity contribution < 1.29 is 37.6 Å². The number of hydrogen-bond acceptors (Lipinski definition) is 8. The van der Waals surface area contributed by atoms with E-state index in [1.165, 1.54) is 20.7 Å². The molecule has 4 saturated heterocycles. The molecule has 0 bridgehead atoms. The third-order valence-corrected chi connectivity index (χ3v) is 26.6. The molecule has 7 unspecified atom stereocenters. The van der Waals surface area contributed by atoms with Gasteiger partial charge in [-0.2, -0.15) is 0 Å². The van der Waals surface area contributed by atoms with E-state index in [1.807, 2.05) is 6.08 Å². The zero-order valence-corrected chi connectivity index (χ0v) is 47.7. The molecule has 0 aliphatic carbocycles. The molecule has 74 heavy (non-hydrogen) atoms. The van der Waals surface area contributed by atoms with Gasteiger partial charge in [0.15, 0.2) is 0 Å². The molecule has 4 aliphatic heterocycles. The van der Waals surface area contributed by atoms with Crippen molar-refractivity contribution in [2.45, 2.75) is 171 Å². The highest BCUT2D eigenvalue weighted by Crippen LogP contribution is 2.45. The highest BCUT2D eigenvalue weighted by molar-refractivity contribution is 7.00. The Morgan fingerprint density at radius 2 is 1.20 bits per heavy atom. The first kappa shape index (κ1) is 56.2. The lowest BCUT2D eigenvalue weighted by molar-refractivity contribution is -0.267. The van der Waals surface area contributed by atoms with Crippen LogP contribution < -0.4 is 20.7 Å². The Morgan fingerprint density at radius 3 is 1.74 bits per heavy atom. The van der Waals surface area contributed by atoms with E-state index in [9.17, 15) is 5.11 Å². The summed E-state index contributed by atoms with van der Waals surface area (Å²) in [5, 5.41) is 16.8. The van der Waals surface area contributed by atoms with Crippen molar-refractivity contribution in [2.75, 3.05) is 19.8 Å². The second-order valence-corrected chi connectivity index (χ2v) is 32.2. The van der Waals surface area contributed by atoms with E-state index >= 15 is 0 Å². The first-order valence-electron chi connectivity index (χ1n) is 27.5. The van der Waals surface area contributed by atoms with Crippen LogP contribution in [0.4, 0.5) is 0 Å². The summed E-state index contributed by atoms with van der Waals surface area (Å²) in [5.41, 5.74) is 2.19. The minimum atomic E-state index is -3.06. The molecule has 4 heterocycles. The van der Waals surface area contributed by atoms with Gasteiger partial charge < -0.3 is 37.6 Å². The van der Waals surface area contributed by atoms with Crippen LogP contribution in [0.1, 0.15) is 100 Å². The predicted octanol–water partition coefficient (Wildman–Crippen LogP) is 10.8. The highest BCUT2D eigenvalue weighted by atomic mass is 28.4. The minimum Gasteiger partial charge on any atom is -0.407 e. The fourth-order valence-electron chi connectivity index (χ4n) is 12.6. The molecule has 0 aromatic heterocycles. The van der Waals surface area contributed by atoms with Crippen LogP contribution in [0, 0.1) is 11.8 Å². The van der Waals surface area contributed by atoms with Crippen LogP contribution in [-0.2, 0) is 32.5 Å². The third-order valence-electron chi connectivity index (χ3n) is 16.5. The third kappa shape index (κ3) is 12.2. The van der Waals surface area contributed by atoms with Gasteiger partial charge in [0.2, 0.25) is 0 Å². The van der Waals surface area contributed by atoms with E-state index in [0.717, 1.165) is 36.8 Å². The molecule has 0 radical (unpaired) electrons. The largest absolute Gasteiger partial charge is 0.407 e. The SMILES string of the molecule is C=CCOCC=C[C@H]1CC(=C)[C@H](CC[C@H]2C[C@@H](C)C(=C)[C@@H](CC3OC4CC(O[Si](c5ccccc5)(c5ccccc5)C(C)(C)C)C(CCO[Si](c5ccccc5)(c5ccccc5)C(C)(C)C)OC4C(C)C3O)O2)O1. The zero-order chi connectivity index (χ0) is 52.7. The number of fused-ring (bicyclic) bond motifs is 1. The van der Waals surface area contributed by atoms with Crippen molar-refractivity contribution in [3.63, 3.8) is 0 Å². The van der Waals surface area contributed by atoms with Gasteiger partial charge in [-0.3, -0.25) is 0 Å². The van der Waals surface area contributed by atoms with Gasteiger partial charge in [0.1, 0.15) is 0 Å². The second-order valence-electron chi connectivity index (χ2n) is 23.6. The lowest BCUT2D eigenvalue weighted by Gasteiger charge is -2.53. The quantitative estimate of drug-likeness (QED) is 0.0532. The molecule has 0 saturated carbocycles. The summed E-state index contributed by atoms with van der Waals surface area (Å²) in [7, 11) is -5.92. The zero-order valence-electron chi connectivity index (χ0n) is 45.7. The smallest absolute Gasteiger partial charge is 0.261 e. The maximum Gasteiger partial charge on any atom is 0.261 e. The van der Waals surface area contributed by atoms with E-state index in [2.05, 4.69) is 203 Å². The molecule has 0 amide bonds. The van der Waals surface area contributed by atoms with Gasteiger partial charge in [-0.05, 0) is 73.6 Å². The van der Waals surface area contributed by atoms with Crippen molar-refractivity contribution in [1.29, 1.82) is 0 Å². The molecule has 10 heteroatoms. The Bertz CT molecular complexity index is 2370. The molecule has 4 aromatic rings. The maximum absolute atomic E-state index is 12.3. The molecule has 0 spiro atoms. The first-order chi connectivity index (χ1) is 35.5. The van der Waals surface area contributed by atoms with E-state index in [0.29, 0.717) is 39.1 Å². The fourth-order valence-corrected chi connectivity index (χ4v) is 21.9. The van der Waals surface area contributed by atoms with Gasteiger partial charge in [-0.1, -0.05) is 208 Å². The maximum atomic E-state index is 12.3. The van der Waals surface area contributed by atoms with Gasteiger partial charge in [0.25, 0.3) is 16.6 Å². The van der Waals surface area contributed by atoms with Gasteiger partial charge in [0, 0.05) is 31.8 Å². The van der Waals surface area contributed by atoms with Crippen LogP contribution in [0.2, 0.25) is 10.1 Å². The summed E-state index contributed by atoms with van der Waals surface area (Å²) in [6.07, 6.45) is 8.15. The Hall–Kier alpha value is -4.05. The Morgan fingerprint density at radius 1 is 0.649 bits per heavy atom. The summed E-state index contributed by atoms with van der Waals surface area (Å²) in [4.78, 5) is 0. The lowest BCUT2D eigenvalue weighted by Crippen LogP contribution is -2.70. The number of rotatable bonds is 20. The van der Waals surface area contributed by atoms with E-state index in [1.54, 1.807) is 6.08 Å². The van der Waals surface area contributed by atoms with Crippen LogP contribution in [-0.4, -0.2) is 103 Å². The monoisotopic (exact) mass is 1040 g/mol. The summed E-state index contributed by atoms with van der Waals surface area (Å²) in [5.74, 6) is 0.0523. The standard InChI is InChI=1S/C64H86O8Si2/c1-12-38-66-39-25-26-49-42-46(3)55(68-49)36-35-50-41-45(2)47(4)57(69-50)43-59-61(65)48(5)62-60(70-59)44-58(72-74(64(9,10)11,53-31-21-15-22-32-53)54-33-23-16-24-34-54)56(71-62)37-40-67-73(63(6,7)8,51-27-17-13-18-28-51)52-29-19-14-20-30-52/h12-34,45,48-50,55-62,65H,1,3-4,35-44H2,2,5-11H3/t45-,48?,49+,50+,55+,56?,57-,58?,59?,60?,61?,62?/m1/s1. The Labute approximate surface area is 446 Å². The number of hydrogen-bond donors (Lipinski definition) is 1. The summed E-state index contributed by atoms with van der Waals surface area (Å²) in [6.45, 7) is 32.6. The van der Waals surface area contributed by atoms with Crippen LogP contribution in [0.3, 0.4) is 0 Å². The first-order valence-corrected chi connectivity index (χ1v) is 31.3. The predicted molar refractivity (Wildman–Crippen MR) is 306 cm³/mol. The topological polar surface area (TPSA) is 84.8 Å². The molecule has 12 atom stereocenters. The molecule has 8 rings (SSSR count). The number of aliphatic hydroxyl groups is 1. The van der Waals surface area contributed by atoms with Crippen molar-refractivity contribution in [2.24, 2.45) is 11.8 Å².